The van der Waals surface area contributed by atoms with Gasteiger partial charge in [-0.2, -0.15) is 0 Å². The number of hydrogen-bond acceptors (Lipinski definition) is 4. The van der Waals surface area contributed by atoms with Crippen LogP contribution in [0.5, 0.6) is 0 Å². The van der Waals surface area contributed by atoms with E-state index in [-0.39, 0.29) is 5.91 Å². The first-order valence-electron chi connectivity index (χ1n) is 9.21. The number of rotatable bonds is 9. The summed E-state index contributed by atoms with van der Waals surface area (Å²) in [5.41, 5.74) is 2.18. The average molecular weight is 381 g/mol. The third-order valence-electron chi connectivity index (χ3n) is 4.10. The molecule has 1 N–H and O–H groups in total. The van der Waals surface area contributed by atoms with Crippen LogP contribution >= 0.6 is 11.8 Å². The molecule has 1 amide bonds. The summed E-state index contributed by atoms with van der Waals surface area (Å²) in [6.45, 7) is 2.83. The van der Waals surface area contributed by atoms with Crippen molar-refractivity contribution in [2.45, 2.75) is 31.3 Å². The molecular weight excluding hydrogens is 356 g/mol. The fraction of sp³-hybridized carbons (Fsp3) is 0.286. The van der Waals surface area contributed by atoms with E-state index in [1.54, 1.807) is 0 Å². The first-order valence-corrected chi connectivity index (χ1v) is 10.2. The van der Waals surface area contributed by atoms with Crippen LogP contribution in [-0.2, 0) is 11.2 Å². The predicted octanol–water partition coefficient (Wildman–Crippen LogP) is 3.87. The summed E-state index contributed by atoms with van der Waals surface area (Å²) in [5, 5.41) is 12.4. The van der Waals surface area contributed by atoms with Gasteiger partial charge in [-0.05, 0) is 24.1 Å². The molecule has 1 aromatic heterocycles. The minimum atomic E-state index is 0.0284. The minimum Gasteiger partial charge on any atom is -0.355 e. The number of para-hydroxylation sites is 1. The van der Waals surface area contributed by atoms with Gasteiger partial charge < -0.3 is 5.32 Å². The highest BCUT2D eigenvalue weighted by Gasteiger charge is 2.16. The average Bonchev–Trinajstić information content (AvgIpc) is 3.10. The third kappa shape index (κ3) is 5.44. The van der Waals surface area contributed by atoms with Crippen molar-refractivity contribution < 1.29 is 4.79 Å². The Bertz CT molecular complexity index is 849. The number of carbonyl (C=O) groups excluding carboxylic acids is 1. The van der Waals surface area contributed by atoms with Crippen molar-refractivity contribution in [2.24, 2.45) is 0 Å². The summed E-state index contributed by atoms with van der Waals surface area (Å²) in [6.07, 6.45) is 2.75. The molecule has 0 fully saturated rings. The lowest BCUT2D eigenvalue weighted by Crippen LogP contribution is -2.26. The van der Waals surface area contributed by atoms with Gasteiger partial charge in [0, 0.05) is 18.7 Å². The monoisotopic (exact) mass is 380 g/mol. The Kier molecular flexibility index (Phi) is 7.04. The van der Waals surface area contributed by atoms with E-state index in [2.05, 4.69) is 34.6 Å². The van der Waals surface area contributed by atoms with Crippen LogP contribution in [-0.4, -0.2) is 33.0 Å². The number of nitrogens with one attached hydrogen (secondary N) is 1. The van der Waals surface area contributed by atoms with E-state index in [0.29, 0.717) is 12.2 Å². The maximum Gasteiger partial charge on any atom is 0.230 e. The summed E-state index contributed by atoms with van der Waals surface area (Å²) in [4.78, 5) is 12.0. The van der Waals surface area contributed by atoms with E-state index < -0.39 is 0 Å². The van der Waals surface area contributed by atoms with Crippen LogP contribution in [0.3, 0.4) is 0 Å². The van der Waals surface area contributed by atoms with E-state index in [1.807, 2.05) is 53.1 Å². The second-order valence-electron chi connectivity index (χ2n) is 6.22. The number of hydrogen-bond donors (Lipinski definition) is 1. The molecule has 3 rings (SSSR count). The van der Waals surface area contributed by atoms with Gasteiger partial charge in [-0.1, -0.05) is 73.6 Å². The molecular formula is C21H24N4OS. The molecule has 2 aromatic carbocycles. The van der Waals surface area contributed by atoms with Crippen LogP contribution in [0.4, 0.5) is 0 Å². The molecule has 0 saturated carbocycles. The van der Waals surface area contributed by atoms with Gasteiger partial charge in [-0.3, -0.25) is 9.36 Å². The van der Waals surface area contributed by atoms with E-state index in [4.69, 9.17) is 0 Å². The molecule has 0 radical (unpaired) electrons. The first-order chi connectivity index (χ1) is 13.3. The fourth-order valence-corrected chi connectivity index (χ4v) is 3.51. The van der Waals surface area contributed by atoms with Crippen LogP contribution in [0.1, 0.15) is 31.2 Å². The Hall–Kier alpha value is -2.60. The summed E-state index contributed by atoms with van der Waals surface area (Å²) in [6, 6.07) is 20.2. The molecule has 3 aromatic rings. The van der Waals surface area contributed by atoms with Gasteiger partial charge in [0.25, 0.3) is 0 Å². The number of nitrogens with zero attached hydrogens (tertiary/aromatic N) is 3. The highest BCUT2D eigenvalue weighted by molar-refractivity contribution is 7.99. The second-order valence-corrected chi connectivity index (χ2v) is 7.17. The molecule has 0 bridgehead atoms. The minimum absolute atomic E-state index is 0.0284. The number of amides is 1. The number of aromatic nitrogens is 3. The molecule has 0 unspecified atom stereocenters. The van der Waals surface area contributed by atoms with Gasteiger partial charge in [0.1, 0.15) is 5.82 Å². The second kappa shape index (κ2) is 9.92. The Morgan fingerprint density at radius 2 is 1.74 bits per heavy atom. The van der Waals surface area contributed by atoms with Crippen molar-refractivity contribution in [3.05, 3.63) is 72.1 Å². The van der Waals surface area contributed by atoms with E-state index in [9.17, 15) is 4.79 Å². The molecule has 27 heavy (non-hydrogen) atoms. The quantitative estimate of drug-likeness (QED) is 0.452. The summed E-state index contributed by atoms with van der Waals surface area (Å²) in [5.74, 6) is 1.22. The van der Waals surface area contributed by atoms with Crippen LogP contribution in [0, 0.1) is 0 Å². The number of carbonyl (C=O) groups is 1. The summed E-state index contributed by atoms with van der Waals surface area (Å²) in [7, 11) is 0. The zero-order chi connectivity index (χ0) is 18.9. The SMILES string of the molecule is CCCCNC(=O)CSc1nnc(Cc2ccccc2)n1-c1ccccc1. The summed E-state index contributed by atoms with van der Waals surface area (Å²) >= 11 is 1.42. The van der Waals surface area contributed by atoms with Crippen LogP contribution in [0.15, 0.2) is 65.8 Å². The number of unbranched alkanes of at least 4 members (excludes halogenated alkanes) is 1. The van der Waals surface area contributed by atoms with Crippen molar-refractivity contribution >= 4 is 17.7 Å². The molecule has 1 heterocycles. The standard InChI is InChI=1S/C21H24N4OS/c1-2-3-14-22-20(26)16-27-21-24-23-19(15-17-10-6-4-7-11-17)25(21)18-12-8-5-9-13-18/h4-13H,2-3,14-16H2,1H3,(H,22,26). The molecule has 0 aliphatic carbocycles. The van der Waals surface area contributed by atoms with Crippen molar-refractivity contribution in [3.8, 4) is 5.69 Å². The number of thioether (sulfide) groups is 1. The molecule has 140 valence electrons. The molecule has 0 atom stereocenters. The topological polar surface area (TPSA) is 59.8 Å². The lowest BCUT2D eigenvalue weighted by molar-refractivity contribution is -0.118. The Balaban J connectivity index is 1.78. The zero-order valence-corrected chi connectivity index (χ0v) is 16.3. The molecule has 0 spiro atoms. The Morgan fingerprint density at radius 3 is 2.44 bits per heavy atom. The van der Waals surface area contributed by atoms with Gasteiger partial charge in [-0.25, -0.2) is 0 Å². The molecule has 5 nitrogen and oxygen atoms in total. The molecule has 0 saturated heterocycles. The van der Waals surface area contributed by atoms with Crippen molar-refractivity contribution in [3.63, 3.8) is 0 Å². The van der Waals surface area contributed by atoms with Gasteiger partial charge >= 0.3 is 0 Å². The first kappa shape index (κ1) is 19.2. The normalized spacial score (nSPS) is 10.7. The number of benzene rings is 2. The van der Waals surface area contributed by atoms with E-state index in [0.717, 1.165) is 36.1 Å². The molecule has 6 heteroatoms. The van der Waals surface area contributed by atoms with Crippen LogP contribution < -0.4 is 5.32 Å². The van der Waals surface area contributed by atoms with Gasteiger partial charge in [0.2, 0.25) is 5.91 Å². The summed E-state index contributed by atoms with van der Waals surface area (Å²) < 4.78 is 2.04. The highest BCUT2D eigenvalue weighted by Crippen LogP contribution is 2.23. The Labute approximate surface area is 164 Å². The van der Waals surface area contributed by atoms with Crippen LogP contribution in [0.2, 0.25) is 0 Å². The van der Waals surface area contributed by atoms with Gasteiger partial charge in [-0.15, -0.1) is 10.2 Å². The predicted molar refractivity (Wildman–Crippen MR) is 109 cm³/mol. The van der Waals surface area contributed by atoms with Crippen molar-refractivity contribution in [1.29, 1.82) is 0 Å². The lowest BCUT2D eigenvalue weighted by Gasteiger charge is -2.10. The third-order valence-corrected chi connectivity index (χ3v) is 5.03. The smallest absolute Gasteiger partial charge is 0.230 e. The van der Waals surface area contributed by atoms with Crippen LogP contribution in [0.25, 0.3) is 5.69 Å². The lowest BCUT2D eigenvalue weighted by atomic mass is 10.1. The van der Waals surface area contributed by atoms with Gasteiger partial charge in [0.15, 0.2) is 5.16 Å². The highest BCUT2D eigenvalue weighted by atomic mass is 32.2. The van der Waals surface area contributed by atoms with Crippen molar-refractivity contribution in [1.82, 2.24) is 20.1 Å². The van der Waals surface area contributed by atoms with E-state index >= 15 is 0 Å². The zero-order valence-electron chi connectivity index (χ0n) is 15.5. The largest absolute Gasteiger partial charge is 0.355 e. The van der Waals surface area contributed by atoms with E-state index in [1.165, 1.54) is 17.3 Å². The molecule has 0 aliphatic rings. The van der Waals surface area contributed by atoms with Gasteiger partial charge in [0.05, 0.1) is 5.75 Å². The van der Waals surface area contributed by atoms with Crippen molar-refractivity contribution in [2.75, 3.05) is 12.3 Å². The maximum atomic E-state index is 12.0. The maximum absolute atomic E-state index is 12.0. The fourth-order valence-electron chi connectivity index (χ4n) is 2.71. The molecule has 0 aliphatic heterocycles. The Morgan fingerprint density at radius 1 is 1.04 bits per heavy atom.